The van der Waals surface area contributed by atoms with Gasteiger partial charge in [0.2, 0.25) is 0 Å². The Kier molecular flexibility index (Phi) is 6.38. The lowest BCUT2D eigenvalue weighted by atomic mass is 10.5. The highest BCUT2D eigenvalue weighted by Crippen LogP contribution is 2.17. The summed E-state index contributed by atoms with van der Waals surface area (Å²) in [6.07, 6.45) is 0.843. The third-order valence-electron chi connectivity index (χ3n) is 0.879. The van der Waals surface area contributed by atoms with Crippen molar-refractivity contribution in [3.8, 4) is 0 Å². The Morgan fingerprint density at radius 3 is 2.46 bits per heavy atom. The van der Waals surface area contributed by atoms with E-state index in [2.05, 4.69) is 21.7 Å². The summed E-state index contributed by atoms with van der Waals surface area (Å²) < 4.78 is 0.976. The van der Waals surface area contributed by atoms with Gasteiger partial charge in [-0.1, -0.05) is 0 Å². The van der Waals surface area contributed by atoms with Crippen molar-refractivity contribution >= 4 is 39.5 Å². The molecule has 0 fully saturated rings. The first kappa shape index (κ1) is 12.3. The topological polar surface area (TPSA) is 80.4 Å². The molecule has 1 aromatic rings. The summed E-state index contributed by atoms with van der Waals surface area (Å²) in [6, 6.07) is 1.79. The van der Waals surface area contributed by atoms with Gasteiger partial charge >= 0.3 is 5.97 Å². The number of carbonyl (C=O) groups is 2. The van der Waals surface area contributed by atoms with Gasteiger partial charge < -0.3 is 10.8 Å². The van der Waals surface area contributed by atoms with Gasteiger partial charge in [-0.3, -0.25) is 9.59 Å². The second kappa shape index (κ2) is 6.76. The summed E-state index contributed by atoms with van der Waals surface area (Å²) in [6.45, 7) is -0.278. The fourth-order valence-electron chi connectivity index (χ4n) is 0.390. The number of thiophene rings is 1. The van der Waals surface area contributed by atoms with E-state index in [1.165, 1.54) is 11.3 Å². The lowest BCUT2D eigenvalue weighted by Crippen LogP contribution is -2.10. The predicted molar refractivity (Wildman–Crippen MR) is 54.1 cm³/mol. The molecule has 0 atom stereocenters. The first-order valence-corrected chi connectivity index (χ1v) is 4.88. The molecule has 0 aliphatic rings. The summed E-state index contributed by atoms with van der Waals surface area (Å²) in [5, 5.41) is 9.48. The number of halogens is 1. The molecule has 72 valence electrons. The third-order valence-corrected chi connectivity index (χ3v) is 2.50. The van der Waals surface area contributed by atoms with Crippen LogP contribution in [0.5, 0.6) is 0 Å². The van der Waals surface area contributed by atoms with Crippen molar-refractivity contribution in [3.63, 3.8) is 0 Å². The van der Waals surface area contributed by atoms with Crippen molar-refractivity contribution in [2.75, 3.05) is 6.54 Å². The average molecular weight is 266 g/mol. The molecular formula is C7H8BrNO3S. The van der Waals surface area contributed by atoms with Crippen LogP contribution in [0.15, 0.2) is 15.9 Å². The number of carboxylic acid groups (broad SMARTS) is 1. The van der Waals surface area contributed by atoms with Crippen LogP contribution in [-0.2, 0) is 4.79 Å². The van der Waals surface area contributed by atoms with Crippen molar-refractivity contribution in [1.82, 2.24) is 0 Å². The lowest BCUT2D eigenvalue weighted by Gasteiger charge is -1.73. The molecule has 13 heavy (non-hydrogen) atoms. The summed E-state index contributed by atoms with van der Waals surface area (Å²) in [7, 11) is 0. The van der Waals surface area contributed by atoms with Gasteiger partial charge in [-0.05, 0) is 22.0 Å². The molecule has 0 amide bonds. The molecule has 0 aromatic carbocycles. The van der Waals surface area contributed by atoms with Gasteiger partial charge in [0.15, 0.2) is 6.29 Å². The minimum absolute atomic E-state index is 0.278. The summed E-state index contributed by atoms with van der Waals surface area (Å²) >= 11 is 4.66. The van der Waals surface area contributed by atoms with Crippen LogP contribution < -0.4 is 5.73 Å². The zero-order valence-corrected chi connectivity index (χ0v) is 8.97. The molecule has 0 aliphatic heterocycles. The third kappa shape index (κ3) is 6.44. The van der Waals surface area contributed by atoms with Crippen LogP contribution >= 0.6 is 27.3 Å². The lowest BCUT2D eigenvalue weighted by molar-refractivity contribution is -0.135. The number of nitrogens with two attached hydrogens (primary N) is 1. The normalized spacial score (nSPS) is 8.46. The predicted octanol–water partition coefficient (Wildman–Crippen LogP) is 1.35. The summed E-state index contributed by atoms with van der Waals surface area (Å²) in [5.41, 5.74) is 4.57. The number of hydrogen-bond acceptors (Lipinski definition) is 4. The van der Waals surface area contributed by atoms with Crippen LogP contribution in [0.2, 0.25) is 0 Å². The van der Waals surface area contributed by atoms with E-state index in [1.807, 2.05) is 5.38 Å². The molecule has 1 rings (SSSR count). The quantitative estimate of drug-likeness (QED) is 0.792. The molecular weight excluding hydrogens is 258 g/mol. The van der Waals surface area contributed by atoms with Gasteiger partial charge in [0.25, 0.3) is 0 Å². The second-order valence-electron chi connectivity index (χ2n) is 1.88. The van der Waals surface area contributed by atoms with E-state index < -0.39 is 5.97 Å². The summed E-state index contributed by atoms with van der Waals surface area (Å²) in [4.78, 5) is 20.0. The largest absolute Gasteiger partial charge is 0.480 e. The fourth-order valence-corrected chi connectivity index (χ4v) is 1.64. The fraction of sp³-hybridized carbons (Fsp3) is 0.143. The smallest absolute Gasteiger partial charge is 0.317 e. The van der Waals surface area contributed by atoms with Gasteiger partial charge in [-0.2, -0.15) is 0 Å². The molecule has 1 heterocycles. The number of carboxylic acids is 1. The highest BCUT2D eigenvalue weighted by atomic mass is 79.9. The Morgan fingerprint density at radius 1 is 1.77 bits per heavy atom. The number of aliphatic carboxylic acids is 1. The SMILES string of the molecule is NCC(=O)O.O=Cc1cc(Br)cs1. The maximum atomic E-state index is 10.0. The van der Waals surface area contributed by atoms with Gasteiger partial charge in [0.05, 0.1) is 11.4 Å². The van der Waals surface area contributed by atoms with Crippen molar-refractivity contribution in [2.45, 2.75) is 0 Å². The maximum Gasteiger partial charge on any atom is 0.317 e. The number of aldehydes is 1. The van der Waals surface area contributed by atoms with Gasteiger partial charge in [-0.15, -0.1) is 11.3 Å². The molecule has 3 N–H and O–H groups in total. The summed E-state index contributed by atoms with van der Waals surface area (Å²) in [5.74, 6) is -0.968. The first-order chi connectivity index (χ1) is 6.10. The molecule has 0 radical (unpaired) electrons. The Balaban J connectivity index is 0.000000252. The van der Waals surface area contributed by atoms with E-state index in [4.69, 9.17) is 5.11 Å². The highest BCUT2D eigenvalue weighted by molar-refractivity contribution is 9.10. The molecule has 0 spiro atoms. The van der Waals surface area contributed by atoms with Crippen molar-refractivity contribution in [1.29, 1.82) is 0 Å². The molecule has 0 unspecified atom stereocenters. The molecule has 0 aliphatic carbocycles. The van der Waals surface area contributed by atoms with E-state index >= 15 is 0 Å². The van der Waals surface area contributed by atoms with E-state index in [0.717, 1.165) is 15.6 Å². The minimum Gasteiger partial charge on any atom is -0.480 e. The Hall–Kier alpha value is -0.720. The second-order valence-corrected chi connectivity index (χ2v) is 3.74. The standard InChI is InChI=1S/C5H3BrOS.C2H5NO2/c6-4-1-5(2-7)8-3-4;3-1-2(4)5/h1-3H;1,3H2,(H,4,5). The first-order valence-electron chi connectivity index (χ1n) is 3.21. The molecule has 6 heteroatoms. The van der Waals surface area contributed by atoms with Crippen molar-refractivity contribution in [3.05, 3.63) is 20.8 Å². The van der Waals surface area contributed by atoms with Crippen LogP contribution in [0.4, 0.5) is 0 Å². The molecule has 0 bridgehead atoms. The van der Waals surface area contributed by atoms with Gasteiger partial charge in [0, 0.05) is 9.85 Å². The zero-order valence-electron chi connectivity index (χ0n) is 6.57. The Morgan fingerprint density at radius 2 is 2.31 bits per heavy atom. The molecule has 1 aromatic heterocycles. The number of hydrogen-bond donors (Lipinski definition) is 2. The van der Waals surface area contributed by atoms with E-state index in [0.29, 0.717) is 0 Å². The van der Waals surface area contributed by atoms with Crippen LogP contribution in [0, 0.1) is 0 Å². The van der Waals surface area contributed by atoms with Crippen molar-refractivity contribution < 1.29 is 14.7 Å². The number of rotatable bonds is 2. The van der Waals surface area contributed by atoms with Gasteiger partial charge in [-0.25, -0.2) is 0 Å². The minimum atomic E-state index is -0.968. The van der Waals surface area contributed by atoms with E-state index in [9.17, 15) is 9.59 Å². The van der Waals surface area contributed by atoms with Crippen molar-refractivity contribution in [2.24, 2.45) is 5.73 Å². The number of carbonyl (C=O) groups excluding carboxylic acids is 1. The van der Waals surface area contributed by atoms with E-state index in [-0.39, 0.29) is 6.54 Å². The molecule has 0 saturated heterocycles. The Bertz CT molecular complexity index is 287. The molecule has 4 nitrogen and oxygen atoms in total. The van der Waals surface area contributed by atoms with Gasteiger partial charge in [0.1, 0.15) is 0 Å². The Labute approximate surface area is 87.5 Å². The van der Waals surface area contributed by atoms with Crippen LogP contribution in [0.1, 0.15) is 9.67 Å². The van der Waals surface area contributed by atoms with Crippen LogP contribution in [0.25, 0.3) is 0 Å². The maximum absolute atomic E-state index is 10.0. The monoisotopic (exact) mass is 265 g/mol. The zero-order chi connectivity index (χ0) is 10.3. The van der Waals surface area contributed by atoms with Crippen LogP contribution in [0.3, 0.4) is 0 Å². The van der Waals surface area contributed by atoms with E-state index in [1.54, 1.807) is 6.07 Å². The van der Waals surface area contributed by atoms with Crippen LogP contribution in [-0.4, -0.2) is 23.9 Å². The average Bonchev–Trinajstić information content (AvgIpc) is 2.52. The highest BCUT2D eigenvalue weighted by Gasteiger charge is 1.91. The molecule has 0 saturated carbocycles.